The maximum Gasteiger partial charge on any atom is 0.141 e. The van der Waals surface area contributed by atoms with Crippen LogP contribution in [0.25, 0.3) is 0 Å². The number of hydrogen-bond donors (Lipinski definition) is 2. The van der Waals surface area contributed by atoms with Crippen molar-refractivity contribution in [3.8, 4) is 0 Å². The Labute approximate surface area is 201 Å². The Morgan fingerprint density at radius 1 is 1.30 bits per heavy atom. The molecular formula is C26H38N4O2S. The van der Waals surface area contributed by atoms with E-state index in [0.29, 0.717) is 17.9 Å². The highest BCUT2D eigenvalue weighted by Crippen LogP contribution is 2.33. The lowest BCUT2D eigenvalue weighted by Crippen LogP contribution is -2.43. The standard InChI is InChI=1S/C26H38N4O2S/c1-16(2)24(25-10-17(3)29-32-25)14-30-13-23(31)11-22(30)12-27-18(4)20-6-8-21(9-7-20)26-19(5)28-15-33-26/h6-8,10,15-16,18,21-24,27,31H,9,11-14H2,1-5H3/t18-,21?,22-,23+,24+/m0/s1. The summed E-state index contributed by atoms with van der Waals surface area (Å²) in [6, 6.07) is 2.64. The van der Waals surface area contributed by atoms with E-state index in [4.69, 9.17) is 4.52 Å². The highest BCUT2D eigenvalue weighted by atomic mass is 32.1. The molecule has 1 saturated heterocycles. The summed E-state index contributed by atoms with van der Waals surface area (Å²) in [7, 11) is 0. The first-order valence-electron chi connectivity index (χ1n) is 12.2. The topological polar surface area (TPSA) is 74.4 Å². The molecule has 0 aromatic carbocycles. The molecule has 33 heavy (non-hydrogen) atoms. The van der Waals surface area contributed by atoms with Crippen LogP contribution in [-0.2, 0) is 0 Å². The van der Waals surface area contributed by atoms with Crippen LogP contribution in [0.3, 0.4) is 0 Å². The number of β-amino-alcohol motifs (C(OH)–C–C–N with tert-alkyl or cyclic N) is 1. The summed E-state index contributed by atoms with van der Waals surface area (Å²) in [4.78, 5) is 8.21. The number of allylic oxidation sites excluding steroid dienone is 2. The predicted octanol–water partition coefficient (Wildman–Crippen LogP) is 4.57. The second-order valence-electron chi connectivity index (χ2n) is 10.1. The van der Waals surface area contributed by atoms with Crippen LogP contribution in [0.4, 0.5) is 0 Å². The van der Waals surface area contributed by atoms with Crippen LogP contribution in [0, 0.1) is 19.8 Å². The second kappa shape index (κ2) is 10.6. The zero-order valence-electron chi connectivity index (χ0n) is 20.5. The lowest BCUT2D eigenvalue weighted by atomic mass is 9.91. The lowest BCUT2D eigenvalue weighted by Gasteiger charge is -2.30. The van der Waals surface area contributed by atoms with Gasteiger partial charge in [0, 0.05) is 54.5 Å². The average Bonchev–Trinajstić information content (AvgIpc) is 3.50. The molecule has 2 N–H and O–H groups in total. The van der Waals surface area contributed by atoms with E-state index in [1.807, 2.05) is 12.4 Å². The van der Waals surface area contributed by atoms with Crippen LogP contribution in [0.1, 0.15) is 67.5 Å². The molecule has 0 amide bonds. The predicted molar refractivity (Wildman–Crippen MR) is 134 cm³/mol. The molecular weight excluding hydrogens is 432 g/mol. The molecule has 2 aromatic rings. The SMILES string of the molecule is Cc1cc([C@H](CN2C[C@H](O)C[C@H]2CN[C@@H](C)C2=CCC(c3scnc3C)C=C2)C(C)C)on1. The molecule has 2 aromatic heterocycles. The van der Waals surface area contributed by atoms with Gasteiger partial charge in [0.1, 0.15) is 5.76 Å². The molecule has 0 radical (unpaired) electrons. The van der Waals surface area contributed by atoms with Gasteiger partial charge in [0.15, 0.2) is 0 Å². The van der Waals surface area contributed by atoms with Gasteiger partial charge in [0.05, 0.1) is 23.0 Å². The number of aromatic nitrogens is 2. The molecule has 1 unspecified atom stereocenters. The molecule has 1 aliphatic carbocycles. The fourth-order valence-electron chi connectivity index (χ4n) is 5.08. The quantitative estimate of drug-likeness (QED) is 0.559. The summed E-state index contributed by atoms with van der Waals surface area (Å²) in [5.74, 6) is 2.11. The molecule has 4 rings (SSSR count). The number of nitrogens with one attached hydrogen (secondary N) is 1. The Morgan fingerprint density at radius 3 is 2.73 bits per heavy atom. The molecule has 180 valence electrons. The number of rotatable bonds is 9. The Morgan fingerprint density at radius 2 is 2.12 bits per heavy atom. The Kier molecular flexibility index (Phi) is 7.84. The van der Waals surface area contributed by atoms with Crippen molar-refractivity contribution in [3.05, 3.63) is 57.4 Å². The van der Waals surface area contributed by atoms with Crippen molar-refractivity contribution in [1.82, 2.24) is 20.4 Å². The highest BCUT2D eigenvalue weighted by molar-refractivity contribution is 7.09. The zero-order chi connectivity index (χ0) is 23.5. The number of hydrogen-bond acceptors (Lipinski definition) is 7. The van der Waals surface area contributed by atoms with E-state index in [9.17, 15) is 5.11 Å². The van der Waals surface area contributed by atoms with Crippen molar-refractivity contribution in [2.75, 3.05) is 19.6 Å². The van der Waals surface area contributed by atoms with Gasteiger partial charge in [0.25, 0.3) is 0 Å². The first-order valence-corrected chi connectivity index (χ1v) is 13.1. The normalized spacial score (nSPS) is 25.5. The van der Waals surface area contributed by atoms with E-state index in [2.05, 4.69) is 72.3 Å². The summed E-state index contributed by atoms with van der Waals surface area (Å²) in [6.45, 7) is 13.2. The Hall–Kier alpha value is -1.80. The van der Waals surface area contributed by atoms with Crippen LogP contribution >= 0.6 is 11.3 Å². The fraction of sp³-hybridized carbons (Fsp3) is 0.615. The second-order valence-corrected chi connectivity index (χ2v) is 10.9. The maximum absolute atomic E-state index is 10.4. The number of aliphatic hydroxyl groups excluding tert-OH is 1. The van der Waals surface area contributed by atoms with Gasteiger partial charge >= 0.3 is 0 Å². The lowest BCUT2D eigenvalue weighted by molar-refractivity contribution is 0.162. The van der Waals surface area contributed by atoms with Crippen LogP contribution in [0.2, 0.25) is 0 Å². The van der Waals surface area contributed by atoms with Crippen LogP contribution in [-0.4, -0.2) is 58.0 Å². The molecule has 0 bridgehead atoms. The van der Waals surface area contributed by atoms with E-state index < -0.39 is 0 Å². The fourth-order valence-corrected chi connectivity index (χ4v) is 5.98. The summed E-state index contributed by atoms with van der Waals surface area (Å²) in [5.41, 5.74) is 5.36. The van der Waals surface area contributed by atoms with Crippen molar-refractivity contribution >= 4 is 11.3 Å². The maximum atomic E-state index is 10.4. The molecule has 0 saturated carbocycles. The van der Waals surface area contributed by atoms with Crippen molar-refractivity contribution < 1.29 is 9.63 Å². The molecule has 6 nitrogen and oxygen atoms in total. The first kappa shape index (κ1) is 24.3. The number of aliphatic hydroxyl groups is 1. The third-order valence-corrected chi connectivity index (χ3v) is 8.22. The van der Waals surface area contributed by atoms with Crippen molar-refractivity contribution in [1.29, 1.82) is 0 Å². The van der Waals surface area contributed by atoms with Gasteiger partial charge in [0.2, 0.25) is 0 Å². The smallest absolute Gasteiger partial charge is 0.141 e. The van der Waals surface area contributed by atoms with Gasteiger partial charge in [-0.05, 0) is 45.1 Å². The van der Waals surface area contributed by atoms with Crippen molar-refractivity contribution in [2.24, 2.45) is 5.92 Å². The third-order valence-electron chi connectivity index (χ3n) is 7.16. The number of aryl methyl sites for hydroxylation is 2. The molecule has 1 fully saturated rings. The monoisotopic (exact) mass is 470 g/mol. The first-order chi connectivity index (χ1) is 15.8. The molecule has 7 heteroatoms. The van der Waals surface area contributed by atoms with Gasteiger partial charge in [-0.15, -0.1) is 11.3 Å². The van der Waals surface area contributed by atoms with Crippen molar-refractivity contribution in [2.45, 2.75) is 77.5 Å². The number of thiazole rings is 1. The Bertz CT molecular complexity index is 979. The van der Waals surface area contributed by atoms with E-state index in [0.717, 1.165) is 49.6 Å². The van der Waals surface area contributed by atoms with Crippen molar-refractivity contribution in [3.63, 3.8) is 0 Å². The molecule has 0 spiro atoms. The Balaban J connectivity index is 1.33. The molecule has 1 aliphatic heterocycles. The average molecular weight is 471 g/mol. The summed E-state index contributed by atoms with van der Waals surface area (Å²) in [5, 5.41) is 18.2. The van der Waals surface area contributed by atoms with E-state index >= 15 is 0 Å². The minimum atomic E-state index is -0.270. The molecule has 5 atom stereocenters. The van der Waals surface area contributed by atoms with E-state index in [1.54, 1.807) is 11.3 Å². The van der Waals surface area contributed by atoms with Gasteiger partial charge in [-0.3, -0.25) is 4.90 Å². The summed E-state index contributed by atoms with van der Waals surface area (Å²) >= 11 is 1.75. The minimum absolute atomic E-state index is 0.270. The zero-order valence-corrected chi connectivity index (χ0v) is 21.3. The molecule has 3 heterocycles. The minimum Gasteiger partial charge on any atom is -0.392 e. The van der Waals surface area contributed by atoms with E-state index in [-0.39, 0.29) is 18.1 Å². The highest BCUT2D eigenvalue weighted by Gasteiger charge is 2.34. The van der Waals surface area contributed by atoms with Crippen LogP contribution < -0.4 is 5.32 Å². The number of likely N-dealkylation sites (tertiary alicyclic amines) is 1. The summed E-state index contributed by atoms with van der Waals surface area (Å²) in [6.07, 6.45) is 8.53. The third kappa shape index (κ3) is 5.83. The van der Waals surface area contributed by atoms with Crippen LogP contribution in [0.15, 0.2) is 39.9 Å². The van der Waals surface area contributed by atoms with Crippen LogP contribution in [0.5, 0.6) is 0 Å². The van der Waals surface area contributed by atoms with Gasteiger partial charge in [-0.2, -0.15) is 0 Å². The van der Waals surface area contributed by atoms with Gasteiger partial charge in [-0.1, -0.05) is 37.2 Å². The van der Waals surface area contributed by atoms with Gasteiger partial charge < -0.3 is 14.9 Å². The summed E-state index contributed by atoms with van der Waals surface area (Å²) < 4.78 is 5.61. The van der Waals surface area contributed by atoms with Gasteiger partial charge in [-0.25, -0.2) is 4.98 Å². The molecule has 2 aliphatic rings. The largest absolute Gasteiger partial charge is 0.392 e. The number of nitrogens with zero attached hydrogens (tertiary/aromatic N) is 3. The van der Waals surface area contributed by atoms with E-state index in [1.165, 1.54) is 10.5 Å².